The first-order chi connectivity index (χ1) is 19.3. The maximum atomic E-state index is 14.0. The summed E-state index contributed by atoms with van der Waals surface area (Å²) in [4.78, 5) is 28.5. The first kappa shape index (κ1) is 32.4. The highest BCUT2D eigenvalue weighted by Gasteiger charge is 2.33. The van der Waals surface area contributed by atoms with Gasteiger partial charge in [0, 0.05) is 17.6 Å². The van der Waals surface area contributed by atoms with Gasteiger partial charge in [-0.15, -0.1) is 0 Å². The number of rotatable bonds is 12. The molecule has 1 atom stereocenters. The van der Waals surface area contributed by atoms with Crippen LogP contribution in [0, 0.1) is 12.8 Å². The molecule has 0 saturated heterocycles. The lowest BCUT2D eigenvalue weighted by molar-refractivity contribution is -0.139. The summed E-state index contributed by atoms with van der Waals surface area (Å²) in [6, 6.07) is 17.4. The summed E-state index contributed by atoms with van der Waals surface area (Å²) in [7, 11) is -2.75. The lowest BCUT2D eigenvalue weighted by atomic mass is 10.1. The third-order valence-corrected chi connectivity index (χ3v) is 9.04. The minimum Gasteiger partial charge on any atom is -0.495 e. The van der Waals surface area contributed by atoms with Crippen LogP contribution < -0.4 is 14.4 Å². The van der Waals surface area contributed by atoms with Gasteiger partial charge in [-0.1, -0.05) is 71.2 Å². The standard InChI is InChI=1S/C30H35BrClN3O5S/c1-20(2)17-33-30(37)22(4)34(18-23-8-10-24(31)11-9-23)29(36)19-35(25-12-15-28(40-5)27(32)16-25)41(38,39)26-13-6-21(3)7-14-26/h6-16,20,22H,17-19H2,1-5H3,(H,33,37)/t22-/m0/s1. The molecule has 3 rings (SSSR count). The predicted molar refractivity (Wildman–Crippen MR) is 166 cm³/mol. The van der Waals surface area contributed by atoms with Crippen LogP contribution in [0.25, 0.3) is 0 Å². The highest BCUT2D eigenvalue weighted by molar-refractivity contribution is 9.10. The van der Waals surface area contributed by atoms with E-state index in [9.17, 15) is 18.0 Å². The average Bonchev–Trinajstić information content (AvgIpc) is 2.93. The number of carbonyl (C=O) groups excluding carboxylic acids is 2. The Labute approximate surface area is 255 Å². The third-order valence-electron chi connectivity index (χ3n) is 6.43. The molecule has 0 bridgehead atoms. The first-order valence-electron chi connectivity index (χ1n) is 13.1. The number of hydrogen-bond donors (Lipinski definition) is 1. The Morgan fingerprint density at radius 3 is 2.20 bits per heavy atom. The Bertz CT molecular complexity index is 1460. The fourth-order valence-electron chi connectivity index (χ4n) is 4.00. The second-order valence-corrected chi connectivity index (χ2v) is 13.3. The topological polar surface area (TPSA) is 96.0 Å². The Morgan fingerprint density at radius 1 is 1.00 bits per heavy atom. The molecule has 2 amide bonds. The van der Waals surface area contributed by atoms with E-state index in [0.717, 1.165) is 19.9 Å². The molecular weight excluding hydrogens is 630 g/mol. The van der Waals surface area contributed by atoms with Gasteiger partial charge in [-0.3, -0.25) is 13.9 Å². The molecule has 220 valence electrons. The molecule has 3 aromatic rings. The Hall–Kier alpha value is -3.08. The Kier molecular flexibility index (Phi) is 11.2. The molecule has 0 spiro atoms. The number of nitrogens with zero attached hydrogens (tertiary/aromatic N) is 2. The molecule has 1 N–H and O–H groups in total. The van der Waals surface area contributed by atoms with Gasteiger partial charge >= 0.3 is 0 Å². The molecular formula is C30H35BrClN3O5S. The largest absolute Gasteiger partial charge is 0.495 e. The second-order valence-electron chi connectivity index (χ2n) is 10.1. The summed E-state index contributed by atoms with van der Waals surface area (Å²) >= 11 is 9.78. The zero-order chi connectivity index (χ0) is 30.3. The van der Waals surface area contributed by atoms with Gasteiger partial charge in [-0.2, -0.15) is 0 Å². The summed E-state index contributed by atoms with van der Waals surface area (Å²) in [6.07, 6.45) is 0. The van der Waals surface area contributed by atoms with Crippen molar-refractivity contribution in [2.24, 2.45) is 5.92 Å². The SMILES string of the molecule is COc1ccc(N(CC(=O)N(Cc2ccc(Br)cc2)[C@@H](C)C(=O)NCC(C)C)S(=O)(=O)c2ccc(C)cc2)cc1Cl. The first-order valence-corrected chi connectivity index (χ1v) is 15.7. The van der Waals surface area contributed by atoms with Crippen LogP contribution in [0.4, 0.5) is 5.69 Å². The maximum Gasteiger partial charge on any atom is 0.264 e. The van der Waals surface area contributed by atoms with Gasteiger partial charge in [0.15, 0.2) is 0 Å². The number of hydrogen-bond acceptors (Lipinski definition) is 5. The van der Waals surface area contributed by atoms with Crippen molar-refractivity contribution in [3.63, 3.8) is 0 Å². The van der Waals surface area contributed by atoms with Crippen molar-refractivity contribution in [3.05, 3.63) is 87.4 Å². The minimum atomic E-state index is -4.20. The van der Waals surface area contributed by atoms with E-state index in [-0.39, 0.29) is 34.0 Å². The number of anilines is 1. The highest BCUT2D eigenvalue weighted by Crippen LogP contribution is 2.32. The molecule has 41 heavy (non-hydrogen) atoms. The average molecular weight is 665 g/mol. The number of halogens is 2. The van der Waals surface area contributed by atoms with Gasteiger partial charge in [-0.25, -0.2) is 8.42 Å². The van der Waals surface area contributed by atoms with E-state index in [1.165, 1.54) is 36.3 Å². The number of carbonyl (C=O) groups is 2. The van der Waals surface area contributed by atoms with Crippen LogP contribution in [0.15, 0.2) is 76.1 Å². The molecule has 0 fully saturated rings. The molecule has 8 nitrogen and oxygen atoms in total. The van der Waals surface area contributed by atoms with E-state index in [1.807, 2.05) is 45.0 Å². The molecule has 0 radical (unpaired) electrons. The van der Waals surface area contributed by atoms with Crippen molar-refractivity contribution >= 4 is 55.1 Å². The van der Waals surface area contributed by atoms with E-state index < -0.39 is 28.5 Å². The van der Waals surface area contributed by atoms with Gasteiger partial charge in [0.2, 0.25) is 11.8 Å². The van der Waals surface area contributed by atoms with E-state index >= 15 is 0 Å². The van der Waals surface area contributed by atoms with E-state index in [0.29, 0.717) is 12.3 Å². The van der Waals surface area contributed by atoms with Crippen LogP contribution in [-0.4, -0.2) is 51.4 Å². The number of amides is 2. The van der Waals surface area contributed by atoms with Gasteiger partial charge in [0.1, 0.15) is 18.3 Å². The van der Waals surface area contributed by atoms with Gasteiger partial charge in [0.05, 0.1) is 22.7 Å². The lowest BCUT2D eigenvalue weighted by Gasteiger charge is -2.32. The molecule has 11 heteroatoms. The van der Waals surface area contributed by atoms with Crippen LogP contribution in [0.3, 0.4) is 0 Å². The quantitative estimate of drug-likeness (QED) is 0.264. The maximum absolute atomic E-state index is 14.0. The van der Waals surface area contributed by atoms with E-state index in [4.69, 9.17) is 16.3 Å². The van der Waals surface area contributed by atoms with Crippen LogP contribution in [-0.2, 0) is 26.2 Å². The smallest absolute Gasteiger partial charge is 0.264 e. The molecule has 0 aliphatic carbocycles. The fourth-order valence-corrected chi connectivity index (χ4v) is 5.92. The zero-order valence-electron chi connectivity index (χ0n) is 23.7. The molecule has 0 heterocycles. The van der Waals surface area contributed by atoms with E-state index in [1.54, 1.807) is 25.1 Å². The number of benzene rings is 3. The normalized spacial score (nSPS) is 12.1. The van der Waals surface area contributed by atoms with Crippen molar-refractivity contribution in [3.8, 4) is 5.75 Å². The van der Waals surface area contributed by atoms with Crippen LogP contribution >= 0.6 is 27.5 Å². The molecule has 0 aliphatic heterocycles. The monoisotopic (exact) mass is 663 g/mol. The lowest BCUT2D eigenvalue weighted by Crippen LogP contribution is -2.51. The van der Waals surface area contributed by atoms with Crippen LogP contribution in [0.5, 0.6) is 5.75 Å². The number of aryl methyl sites for hydroxylation is 1. The van der Waals surface area contributed by atoms with Gasteiger partial charge in [-0.05, 0) is 67.8 Å². The summed E-state index contributed by atoms with van der Waals surface area (Å²) < 4.78 is 35.0. The summed E-state index contributed by atoms with van der Waals surface area (Å²) in [6.45, 7) is 7.43. The number of sulfonamides is 1. The predicted octanol–water partition coefficient (Wildman–Crippen LogP) is 5.80. The van der Waals surface area contributed by atoms with Gasteiger partial charge in [0.25, 0.3) is 10.0 Å². The van der Waals surface area contributed by atoms with Crippen molar-refractivity contribution in [2.45, 2.75) is 45.2 Å². The van der Waals surface area contributed by atoms with Crippen molar-refractivity contribution in [1.29, 1.82) is 0 Å². The minimum absolute atomic E-state index is 0.0185. The zero-order valence-corrected chi connectivity index (χ0v) is 26.9. The van der Waals surface area contributed by atoms with Crippen molar-refractivity contribution in [2.75, 3.05) is 24.5 Å². The van der Waals surface area contributed by atoms with Crippen LogP contribution in [0.2, 0.25) is 5.02 Å². The van der Waals surface area contributed by atoms with Crippen LogP contribution in [0.1, 0.15) is 31.9 Å². The fraction of sp³-hybridized carbons (Fsp3) is 0.333. The number of methoxy groups -OCH3 is 1. The van der Waals surface area contributed by atoms with Crippen molar-refractivity contribution < 1.29 is 22.7 Å². The second kappa shape index (κ2) is 14.2. The summed E-state index contributed by atoms with van der Waals surface area (Å²) in [5.41, 5.74) is 1.86. The summed E-state index contributed by atoms with van der Waals surface area (Å²) in [5, 5.41) is 3.06. The molecule has 0 saturated carbocycles. The summed E-state index contributed by atoms with van der Waals surface area (Å²) in [5.74, 6) is -0.300. The molecule has 0 unspecified atom stereocenters. The number of nitrogens with one attached hydrogen (secondary N) is 1. The molecule has 0 aliphatic rings. The van der Waals surface area contributed by atoms with Crippen molar-refractivity contribution in [1.82, 2.24) is 10.2 Å². The van der Waals surface area contributed by atoms with Gasteiger partial charge < -0.3 is 15.0 Å². The third kappa shape index (κ3) is 8.47. The Balaban J connectivity index is 2.04. The molecule has 3 aromatic carbocycles. The number of ether oxygens (including phenoxy) is 1. The Morgan fingerprint density at radius 2 is 1.63 bits per heavy atom. The highest BCUT2D eigenvalue weighted by atomic mass is 79.9. The molecule has 0 aromatic heterocycles. The van der Waals surface area contributed by atoms with E-state index in [2.05, 4.69) is 21.2 Å².